The monoisotopic (exact) mass is 330 g/mol. The van der Waals surface area contributed by atoms with Gasteiger partial charge in [-0.1, -0.05) is 50.1 Å². The lowest BCUT2D eigenvalue weighted by Crippen LogP contribution is -2.00. The molecule has 0 saturated heterocycles. The first-order valence-electron chi connectivity index (χ1n) is 8.15. The van der Waals surface area contributed by atoms with Crippen molar-refractivity contribution in [1.29, 1.82) is 0 Å². The third-order valence-corrected chi connectivity index (χ3v) is 4.71. The highest BCUT2D eigenvalue weighted by Crippen LogP contribution is 2.27. The van der Waals surface area contributed by atoms with Gasteiger partial charge in [0.1, 0.15) is 0 Å². The van der Waals surface area contributed by atoms with Gasteiger partial charge in [-0.05, 0) is 18.6 Å². The molecule has 0 atom stereocenters. The van der Waals surface area contributed by atoms with Gasteiger partial charge in [-0.25, -0.2) is 4.98 Å². The topological polar surface area (TPSA) is 56.7 Å². The molecule has 0 radical (unpaired) electrons. The molecule has 3 aromatic rings. The van der Waals surface area contributed by atoms with Crippen LogP contribution in [0.4, 0.5) is 0 Å². The Bertz CT molecular complexity index is 765. The molecule has 6 heteroatoms. The summed E-state index contributed by atoms with van der Waals surface area (Å²) in [5, 5.41) is 8.96. The van der Waals surface area contributed by atoms with Crippen LogP contribution in [0.1, 0.15) is 44.4 Å². The number of hydrogen-bond donors (Lipinski definition) is 0. The zero-order chi connectivity index (χ0) is 16.1. The molecule has 0 bridgehead atoms. The second kappa shape index (κ2) is 7.64. The lowest BCUT2D eigenvalue weighted by atomic mass is 10.2. The highest BCUT2D eigenvalue weighted by molar-refractivity contribution is 7.98. The molecule has 23 heavy (non-hydrogen) atoms. The zero-order valence-corrected chi connectivity index (χ0v) is 14.5. The minimum atomic E-state index is 0.605. The number of imidazole rings is 1. The van der Waals surface area contributed by atoms with E-state index in [1.807, 2.05) is 13.0 Å². The summed E-state index contributed by atoms with van der Waals surface area (Å²) in [6.45, 7) is 5.05. The summed E-state index contributed by atoms with van der Waals surface area (Å²) in [6.07, 6.45) is 4.98. The van der Waals surface area contributed by atoms with Crippen molar-refractivity contribution in [3.8, 4) is 0 Å². The van der Waals surface area contributed by atoms with Crippen molar-refractivity contribution in [3.05, 3.63) is 36.0 Å². The lowest BCUT2D eigenvalue weighted by Gasteiger charge is -2.08. The number of aromatic nitrogens is 4. The van der Waals surface area contributed by atoms with Gasteiger partial charge in [0, 0.05) is 13.5 Å². The maximum atomic E-state index is 5.45. The standard InChI is InChI=1S/C17H22N4OS/c1-3-4-5-8-11-21-15-10-7-6-9-14(15)18-17(21)23-12-16-20-19-13(2)22-16/h6-7,9-10H,3-5,8,11-12H2,1-2H3. The summed E-state index contributed by atoms with van der Waals surface area (Å²) in [5.74, 6) is 1.91. The molecule has 1 aromatic carbocycles. The van der Waals surface area contributed by atoms with E-state index < -0.39 is 0 Å². The number of aryl methyl sites for hydroxylation is 2. The van der Waals surface area contributed by atoms with Gasteiger partial charge < -0.3 is 8.98 Å². The van der Waals surface area contributed by atoms with Crippen LogP contribution in [0.15, 0.2) is 33.8 Å². The van der Waals surface area contributed by atoms with Crippen LogP contribution in [0.2, 0.25) is 0 Å². The van der Waals surface area contributed by atoms with E-state index in [1.165, 1.54) is 31.2 Å². The van der Waals surface area contributed by atoms with Crippen LogP contribution in [-0.2, 0) is 12.3 Å². The van der Waals surface area contributed by atoms with Crippen molar-refractivity contribution in [2.75, 3.05) is 0 Å². The van der Waals surface area contributed by atoms with Gasteiger partial charge in [0.05, 0.1) is 16.8 Å². The number of benzene rings is 1. The number of fused-ring (bicyclic) bond motifs is 1. The molecular formula is C17H22N4OS. The molecule has 0 aliphatic carbocycles. The first-order valence-corrected chi connectivity index (χ1v) is 9.13. The second-order valence-corrected chi connectivity index (χ2v) is 6.54. The maximum Gasteiger partial charge on any atom is 0.226 e. The number of thioether (sulfide) groups is 1. The smallest absolute Gasteiger partial charge is 0.226 e. The zero-order valence-electron chi connectivity index (χ0n) is 13.7. The molecule has 0 aliphatic heterocycles. The highest BCUT2D eigenvalue weighted by Gasteiger charge is 2.12. The van der Waals surface area contributed by atoms with Crippen LogP contribution >= 0.6 is 11.8 Å². The quantitative estimate of drug-likeness (QED) is 0.446. The Morgan fingerprint density at radius 3 is 2.78 bits per heavy atom. The van der Waals surface area contributed by atoms with Crippen LogP contribution in [0.5, 0.6) is 0 Å². The number of nitrogens with zero attached hydrogens (tertiary/aromatic N) is 4. The summed E-state index contributed by atoms with van der Waals surface area (Å²) >= 11 is 1.66. The summed E-state index contributed by atoms with van der Waals surface area (Å²) in [6, 6.07) is 8.32. The first-order chi connectivity index (χ1) is 11.3. The van der Waals surface area contributed by atoms with E-state index >= 15 is 0 Å². The molecule has 2 heterocycles. The average molecular weight is 330 g/mol. The summed E-state index contributed by atoms with van der Waals surface area (Å²) in [5.41, 5.74) is 2.25. The van der Waals surface area contributed by atoms with E-state index in [0.717, 1.165) is 17.2 Å². The Balaban J connectivity index is 1.77. The molecule has 0 unspecified atom stereocenters. The predicted molar refractivity (Wildman–Crippen MR) is 92.5 cm³/mol. The number of unbranched alkanes of at least 4 members (excludes halogenated alkanes) is 3. The van der Waals surface area contributed by atoms with Crippen molar-refractivity contribution in [2.24, 2.45) is 0 Å². The number of hydrogen-bond acceptors (Lipinski definition) is 5. The van der Waals surface area contributed by atoms with E-state index in [0.29, 0.717) is 17.5 Å². The largest absolute Gasteiger partial charge is 0.425 e. The van der Waals surface area contributed by atoms with Gasteiger partial charge in [-0.2, -0.15) is 0 Å². The number of para-hydroxylation sites is 2. The fraction of sp³-hybridized carbons (Fsp3) is 0.471. The fourth-order valence-corrected chi connectivity index (χ4v) is 3.48. The Labute approximate surface area is 140 Å². The van der Waals surface area contributed by atoms with Crippen LogP contribution in [0.3, 0.4) is 0 Å². The molecule has 122 valence electrons. The van der Waals surface area contributed by atoms with Gasteiger partial charge >= 0.3 is 0 Å². The molecule has 3 rings (SSSR count). The van der Waals surface area contributed by atoms with Gasteiger partial charge in [-0.3, -0.25) is 0 Å². The van der Waals surface area contributed by atoms with Gasteiger partial charge in [0.2, 0.25) is 11.8 Å². The van der Waals surface area contributed by atoms with Gasteiger partial charge in [0.15, 0.2) is 5.16 Å². The predicted octanol–water partition coefficient (Wildman–Crippen LogP) is 4.60. The van der Waals surface area contributed by atoms with Crippen molar-refractivity contribution >= 4 is 22.8 Å². The summed E-state index contributed by atoms with van der Waals surface area (Å²) in [7, 11) is 0. The molecule has 5 nitrogen and oxygen atoms in total. The summed E-state index contributed by atoms with van der Waals surface area (Å²) in [4.78, 5) is 4.77. The van der Waals surface area contributed by atoms with E-state index in [-0.39, 0.29) is 0 Å². The van der Waals surface area contributed by atoms with Crippen LogP contribution in [0.25, 0.3) is 11.0 Å². The molecule has 0 amide bonds. The minimum absolute atomic E-state index is 0.605. The third-order valence-electron chi connectivity index (χ3n) is 3.75. The van der Waals surface area contributed by atoms with Crippen molar-refractivity contribution < 1.29 is 4.42 Å². The Hall–Kier alpha value is -1.82. The lowest BCUT2D eigenvalue weighted by molar-refractivity contribution is 0.485. The fourth-order valence-electron chi connectivity index (χ4n) is 2.60. The van der Waals surface area contributed by atoms with Gasteiger partial charge in [-0.15, -0.1) is 10.2 Å². The SMILES string of the molecule is CCCCCCn1c(SCc2nnc(C)o2)nc2ccccc21. The van der Waals surface area contributed by atoms with Crippen molar-refractivity contribution in [3.63, 3.8) is 0 Å². The summed E-state index contributed by atoms with van der Waals surface area (Å²) < 4.78 is 7.77. The second-order valence-electron chi connectivity index (χ2n) is 5.60. The Kier molecular flexibility index (Phi) is 5.33. The van der Waals surface area contributed by atoms with E-state index in [2.05, 4.69) is 39.9 Å². The van der Waals surface area contributed by atoms with E-state index in [4.69, 9.17) is 9.40 Å². The number of rotatable bonds is 8. The van der Waals surface area contributed by atoms with E-state index in [9.17, 15) is 0 Å². The molecule has 2 aromatic heterocycles. The molecule has 0 spiro atoms. The normalized spacial score (nSPS) is 11.4. The minimum Gasteiger partial charge on any atom is -0.425 e. The molecule has 0 fully saturated rings. The molecular weight excluding hydrogens is 308 g/mol. The van der Waals surface area contributed by atoms with Crippen molar-refractivity contribution in [2.45, 2.75) is 57.0 Å². The highest BCUT2D eigenvalue weighted by atomic mass is 32.2. The van der Waals surface area contributed by atoms with Crippen LogP contribution in [-0.4, -0.2) is 19.7 Å². The average Bonchev–Trinajstić information content (AvgIpc) is 3.13. The Morgan fingerprint density at radius 2 is 2.00 bits per heavy atom. The first kappa shape index (κ1) is 16.1. The molecule has 0 saturated carbocycles. The third kappa shape index (κ3) is 3.93. The molecule has 0 aliphatic rings. The Morgan fingerprint density at radius 1 is 1.13 bits per heavy atom. The molecule has 0 N–H and O–H groups in total. The van der Waals surface area contributed by atoms with Crippen LogP contribution < -0.4 is 0 Å². The van der Waals surface area contributed by atoms with Gasteiger partial charge in [0.25, 0.3) is 0 Å². The maximum absolute atomic E-state index is 5.45. The van der Waals surface area contributed by atoms with Crippen LogP contribution in [0, 0.1) is 6.92 Å². The van der Waals surface area contributed by atoms with E-state index in [1.54, 1.807) is 11.8 Å². The van der Waals surface area contributed by atoms with Crippen molar-refractivity contribution in [1.82, 2.24) is 19.7 Å².